The minimum Gasteiger partial charge on any atom is -0.457 e. The number of anilines is 4. The standard InChI is InChI=1S/C36H40N4O/c1-35(2,3)27-17-19-28(20-18-27)38-21-22-39(26-38)29-11-9-13-31(23-29)41-32-14-10-12-30(24-32)40-25-37(6)36(4,5)33-15-7-8-16-34(33)40/h7-24H,25-26H2,1-6H3. The van der Waals surface area contributed by atoms with Gasteiger partial charge < -0.3 is 19.4 Å². The van der Waals surface area contributed by atoms with Crippen molar-refractivity contribution in [2.75, 3.05) is 35.1 Å². The number of benzene rings is 4. The fourth-order valence-corrected chi connectivity index (χ4v) is 5.60. The third-order valence-corrected chi connectivity index (χ3v) is 8.47. The molecule has 0 saturated carbocycles. The van der Waals surface area contributed by atoms with Crippen molar-refractivity contribution in [3.8, 4) is 11.5 Å². The topological polar surface area (TPSA) is 22.2 Å². The van der Waals surface area contributed by atoms with Crippen LogP contribution in [-0.4, -0.2) is 25.3 Å². The minimum atomic E-state index is -0.0306. The summed E-state index contributed by atoms with van der Waals surface area (Å²) in [7, 11) is 2.18. The minimum absolute atomic E-state index is 0.0306. The van der Waals surface area contributed by atoms with Crippen molar-refractivity contribution in [2.45, 2.75) is 45.6 Å². The van der Waals surface area contributed by atoms with E-state index in [-0.39, 0.29) is 11.0 Å². The molecule has 2 heterocycles. The van der Waals surface area contributed by atoms with Crippen LogP contribution in [0.15, 0.2) is 109 Å². The van der Waals surface area contributed by atoms with E-state index in [2.05, 4.69) is 159 Å². The summed E-state index contributed by atoms with van der Waals surface area (Å²) in [6.07, 6.45) is 4.26. The van der Waals surface area contributed by atoms with Crippen LogP contribution < -0.4 is 19.4 Å². The summed E-state index contributed by atoms with van der Waals surface area (Å²) in [5.41, 5.74) is 7.43. The Morgan fingerprint density at radius 2 is 1.27 bits per heavy atom. The first kappa shape index (κ1) is 27.0. The molecule has 0 radical (unpaired) electrons. The molecule has 5 heteroatoms. The van der Waals surface area contributed by atoms with Gasteiger partial charge in [0.1, 0.15) is 11.5 Å². The second kappa shape index (κ2) is 10.3. The van der Waals surface area contributed by atoms with E-state index in [0.29, 0.717) is 0 Å². The van der Waals surface area contributed by atoms with Gasteiger partial charge in [-0.25, -0.2) is 0 Å². The summed E-state index contributed by atoms with van der Waals surface area (Å²) in [4.78, 5) is 9.25. The van der Waals surface area contributed by atoms with Gasteiger partial charge in [-0.3, -0.25) is 4.90 Å². The molecular formula is C36H40N4O. The van der Waals surface area contributed by atoms with Gasteiger partial charge in [-0.15, -0.1) is 0 Å². The van der Waals surface area contributed by atoms with Crippen LogP contribution in [0.2, 0.25) is 0 Å². The van der Waals surface area contributed by atoms with Gasteiger partial charge in [0.25, 0.3) is 0 Å². The summed E-state index contributed by atoms with van der Waals surface area (Å²) >= 11 is 0. The zero-order chi connectivity index (χ0) is 28.8. The normalized spacial score (nSPS) is 16.7. The number of hydrogen-bond donors (Lipinski definition) is 0. The van der Waals surface area contributed by atoms with Crippen LogP contribution in [0.5, 0.6) is 11.5 Å². The number of nitrogens with zero attached hydrogens (tertiary/aromatic N) is 4. The largest absolute Gasteiger partial charge is 0.457 e. The van der Waals surface area contributed by atoms with E-state index in [0.717, 1.165) is 36.2 Å². The molecule has 5 nitrogen and oxygen atoms in total. The van der Waals surface area contributed by atoms with Crippen molar-refractivity contribution in [3.05, 3.63) is 121 Å². The lowest BCUT2D eigenvalue weighted by Gasteiger charge is -2.47. The van der Waals surface area contributed by atoms with E-state index in [4.69, 9.17) is 4.74 Å². The Hall–Kier alpha value is -4.22. The summed E-state index contributed by atoms with van der Waals surface area (Å²) in [5.74, 6) is 1.64. The first-order valence-corrected chi connectivity index (χ1v) is 14.4. The van der Waals surface area contributed by atoms with Gasteiger partial charge in [-0.05, 0) is 79.9 Å². The van der Waals surface area contributed by atoms with Crippen molar-refractivity contribution >= 4 is 22.7 Å². The number of para-hydroxylation sites is 1. The maximum Gasteiger partial charge on any atom is 0.129 e. The molecule has 0 fully saturated rings. The summed E-state index contributed by atoms with van der Waals surface area (Å²) in [5, 5.41) is 0. The van der Waals surface area contributed by atoms with Crippen LogP contribution in [0.3, 0.4) is 0 Å². The third kappa shape index (κ3) is 5.30. The molecule has 0 aromatic heterocycles. The maximum absolute atomic E-state index is 6.42. The average molecular weight is 545 g/mol. The van der Waals surface area contributed by atoms with E-state index < -0.39 is 0 Å². The SMILES string of the molecule is CN1CN(c2cccc(Oc3cccc(N4C=CN(c5ccc(C(C)(C)C)cc5)C4)c3)c2)c2ccccc2C1(C)C. The predicted octanol–water partition coefficient (Wildman–Crippen LogP) is 8.81. The molecule has 41 heavy (non-hydrogen) atoms. The Kier molecular flexibility index (Phi) is 6.79. The van der Waals surface area contributed by atoms with E-state index in [1.165, 1.54) is 22.5 Å². The van der Waals surface area contributed by atoms with Crippen molar-refractivity contribution in [1.29, 1.82) is 0 Å². The Bertz CT molecular complexity index is 1570. The van der Waals surface area contributed by atoms with Gasteiger partial charge in [0.15, 0.2) is 0 Å². The zero-order valence-electron chi connectivity index (χ0n) is 25.0. The molecule has 0 spiro atoms. The summed E-state index contributed by atoms with van der Waals surface area (Å²) in [6.45, 7) is 12.9. The molecule has 0 N–H and O–H groups in total. The number of rotatable bonds is 5. The summed E-state index contributed by atoms with van der Waals surface area (Å²) < 4.78 is 6.42. The monoisotopic (exact) mass is 544 g/mol. The second-order valence-electron chi connectivity index (χ2n) is 12.6. The van der Waals surface area contributed by atoms with E-state index >= 15 is 0 Å². The molecule has 210 valence electrons. The van der Waals surface area contributed by atoms with Crippen molar-refractivity contribution < 1.29 is 4.74 Å². The van der Waals surface area contributed by atoms with E-state index in [1.54, 1.807) is 0 Å². The van der Waals surface area contributed by atoms with Gasteiger partial charge in [0.05, 0.1) is 13.3 Å². The maximum atomic E-state index is 6.42. The van der Waals surface area contributed by atoms with Crippen LogP contribution in [0.1, 0.15) is 45.7 Å². The Labute approximate surface area is 244 Å². The highest BCUT2D eigenvalue weighted by atomic mass is 16.5. The number of fused-ring (bicyclic) bond motifs is 1. The smallest absolute Gasteiger partial charge is 0.129 e. The molecule has 6 rings (SSSR count). The van der Waals surface area contributed by atoms with Gasteiger partial charge in [0.2, 0.25) is 0 Å². The van der Waals surface area contributed by atoms with Crippen LogP contribution in [0.25, 0.3) is 0 Å². The Balaban J connectivity index is 1.18. The third-order valence-electron chi connectivity index (χ3n) is 8.47. The highest BCUT2D eigenvalue weighted by molar-refractivity contribution is 5.70. The fraction of sp³-hybridized carbons (Fsp3) is 0.278. The second-order valence-corrected chi connectivity index (χ2v) is 12.6. The molecule has 0 aliphatic carbocycles. The van der Waals surface area contributed by atoms with Crippen molar-refractivity contribution in [1.82, 2.24) is 4.90 Å². The lowest BCUT2D eigenvalue weighted by Crippen LogP contribution is -2.49. The summed E-state index contributed by atoms with van der Waals surface area (Å²) in [6, 6.07) is 34.3. The molecule has 2 aliphatic heterocycles. The first-order chi connectivity index (χ1) is 19.6. The van der Waals surface area contributed by atoms with E-state index in [1.807, 2.05) is 12.1 Å². The highest BCUT2D eigenvalue weighted by Gasteiger charge is 2.35. The molecule has 0 bridgehead atoms. The van der Waals surface area contributed by atoms with Gasteiger partial charge in [-0.1, -0.05) is 63.2 Å². The lowest BCUT2D eigenvalue weighted by molar-refractivity contribution is 0.150. The zero-order valence-corrected chi connectivity index (χ0v) is 25.0. The van der Waals surface area contributed by atoms with Crippen LogP contribution in [0.4, 0.5) is 22.7 Å². The molecule has 2 aliphatic rings. The first-order valence-electron chi connectivity index (χ1n) is 14.4. The molecule has 0 amide bonds. The Morgan fingerprint density at radius 3 is 1.95 bits per heavy atom. The van der Waals surface area contributed by atoms with Crippen LogP contribution in [-0.2, 0) is 11.0 Å². The van der Waals surface area contributed by atoms with Crippen molar-refractivity contribution in [2.24, 2.45) is 0 Å². The van der Waals surface area contributed by atoms with Crippen LogP contribution in [0, 0.1) is 0 Å². The molecule has 0 saturated heterocycles. The fourth-order valence-electron chi connectivity index (χ4n) is 5.60. The van der Waals surface area contributed by atoms with Gasteiger partial charge in [-0.2, -0.15) is 0 Å². The highest BCUT2D eigenvalue weighted by Crippen LogP contribution is 2.43. The molecule has 4 aromatic carbocycles. The molecule has 4 aromatic rings. The van der Waals surface area contributed by atoms with Crippen molar-refractivity contribution in [3.63, 3.8) is 0 Å². The number of ether oxygens (including phenoxy) is 1. The number of hydrogen-bond acceptors (Lipinski definition) is 5. The lowest BCUT2D eigenvalue weighted by atomic mass is 9.87. The predicted molar refractivity (Wildman–Crippen MR) is 171 cm³/mol. The average Bonchev–Trinajstić information content (AvgIpc) is 3.46. The van der Waals surface area contributed by atoms with Gasteiger partial charge in [0, 0.05) is 52.8 Å². The molecule has 0 atom stereocenters. The molecular weight excluding hydrogens is 504 g/mol. The Morgan fingerprint density at radius 1 is 0.659 bits per heavy atom. The molecule has 0 unspecified atom stereocenters. The van der Waals surface area contributed by atoms with E-state index in [9.17, 15) is 0 Å². The van der Waals surface area contributed by atoms with Gasteiger partial charge >= 0.3 is 0 Å². The van der Waals surface area contributed by atoms with Crippen LogP contribution >= 0.6 is 0 Å². The quantitative estimate of drug-likeness (QED) is 0.250.